The zero-order valence-electron chi connectivity index (χ0n) is 13.1. The van der Waals surface area contributed by atoms with E-state index in [0.717, 1.165) is 11.1 Å². The topological polar surface area (TPSA) is 41.1 Å². The van der Waals surface area contributed by atoms with Crippen LogP contribution >= 0.6 is 23.2 Å². The average molecular weight is 351 g/mol. The number of halogens is 2. The van der Waals surface area contributed by atoms with Gasteiger partial charge in [0, 0.05) is 16.1 Å². The van der Waals surface area contributed by atoms with Crippen LogP contribution in [0.25, 0.3) is 0 Å². The molecule has 0 heterocycles. The molecule has 122 valence electrons. The summed E-state index contributed by atoms with van der Waals surface area (Å²) in [5.74, 6) is -0.0543. The first-order chi connectivity index (χ1) is 11.0. The van der Waals surface area contributed by atoms with Crippen molar-refractivity contribution in [2.45, 2.75) is 25.9 Å². The van der Waals surface area contributed by atoms with E-state index in [1.165, 1.54) is 0 Å². The second-order valence-electron chi connectivity index (χ2n) is 5.50. The Bertz CT molecular complexity index is 658. The number of rotatable bonds is 6. The highest BCUT2D eigenvalue weighted by Gasteiger charge is 2.11. The summed E-state index contributed by atoms with van der Waals surface area (Å²) in [5, 5.41) is 7.54. The zero-order chi connectivity index (χ0) is 16.8. The molecule has 0 aliphatic rings. The van der Waals surface area contributed by atoms with E-state index in [0.29, 0.717) is 10.0 Å². The molecule has 2 atom stereocenters. The first-order valence-electron chi connectivity index (χ1n) is 7.49. The van der Waals surface area contributed by atoms with E-state index in [1.807, 2.05) is 62.4 Å². The minimum Gasteiger partial charge on any atom is -0.348 e. The number of nitrogens with one attached hydrogen (secondary N) is 2. The van der Waals surface area contributed by atoms with Crippen molar-refractivity contribution in [2.75, 3.05) is 6.54 Å². The maximum Gasteiger partial charge on any atom is 0.234 e. The average Bonchev–Trinajstić information content (AvgIpc) is 2.53. The SMILES string of the molecule is C[C@H](NCC(=O)N[C@H](C)c1ccc(Cl)cc1)c1cccc(Cl)c1. The van der Waals surface area contributed by atoms with Gasteiger partial charge in [-0.15, -0.1) is 0 Å². The first-order valence-corrected chi connectivity index (χ1v) is 8.25. The van der Waals surface area contributed by atoms with E-state index in [9.17, 15) is 4.79 Å². The van der Waals surface area contributed by atoms with E-state index in [4.69, 9.17) is 23.2 Å². The molecule has 23 heavy (non-hydrogen) atoms. The number of carbonyl (C=O) groups excluding carboxylic acids is 1. The Balaban J connectivity index is 1.83. The molecule has 0 fully saturated rings. The Kier molecular flexibility index (Phi) is 6.46. The molecule has 0 saturated carbocycles. The summed E-state index contributed by atoms with van der Waals surface area (Å²) < 4.78 is 0. The van der Waals surface area contributed by atoms with Gasteiger partial charge in [0.2, 0.25) is 5.91 Å². The number of hydrogen-bond acceptors (Lipinski definition) is 2. The van der Waals surface area contributed by atoms with Gasteiger partial charge in [0.15, 0.2) is 0 Å². The van der Waals surface area contributed by atoms with E-state index < -0.39 is 0 Å². The maximum absolute atomic E-state index is 12.1. The third kappa shape index (κ3) is 5.54. The van der Waals surface area contributed by atoms with Crippen LogP contribution in [0.3, 0.4) is 0 Å². The molecule has 0 radical (unpaired) electrons. The highest BCUT2D eigenvalue weighted by Crippen LogP contribution is 2.18. The fourth-order valence-corrected chi connectivity index (χ4v) is 2.59. The van der Waals surface area contributed by atoms with Crippen molar-refractivity contribution in [3.63, 3.8) is 0 Å². The number of carbonyl (C=O) groups is 1. The summed E-state index contributed by atoms with van der Waals surface area (Å²) >= 11 is 11.9. The lowest BCUT2D eigenvalue weighted by atomic mass is 10.1. The van der Waals surface area contributed by atoms with Gasteiger partial charge >= 0.3 is 0 Å². The van der Waals surface area contributed by atoms with Crippen LogP contribution in [-0.2, 0) is 4.79 Å². The van der Waals surface area contributed by atoms with Gasteiger partial charge in [-0.25, -0.2) is 0 Å². The Morgan fingerprint density at radius 2 is 1.65 bits per heavy atom. The fraction of sp³-hybridized carbons (Fsp3) is 0.278. The largest absolute Gasteiger partial charge is 0.348 e. The van der Waals surface area contributed by atoms with Crippen molar-refractivity contribution in [3.8, 4) is 0 Å². The van der Waals surface area contributed by atoms with Crippen LogP contribution < -0.4 is 10.6 Å². The summed E-state index contributed by atoms with van der Waals surface area (Å²) in [6.07, 6.45) is 0. The van der Waals surface area contributed by atoms with E-state index in [-0.39, 0.29) is 24.5 Å². The lowest BCUT2D eigenvalue weighted by Gasteiger charge is -2.17. The second-order valence-corrected chi connectivity index (χ2v) is 6.37. The van der Waals surface area contributed by atoms with E-state index in [2.05, 4.69) is 10.6 Å². The van der Waals surface area contributed by atoms with Crippen molar-refractivity contribution in [1.29, 1.82) is 0 Å². The third-order valence-corrected chi connectivity index (χ3v) is 4.15. The van der Waals surface area contributed by atoms with Gasteiger partial charge in [-0.2, -0.15) is 0 Å². The Labute approximate surface area is 147 Å². The van der Waals surface area contributed by atoms with Crippen LogP contribution in [0.15, 0.2) is 48.5 Å². The molecule has 5 heteroatoms. The molecular weight excluding hydrogens is 331 g/mol. The Hall–Kier alpha value is -1.55. The Morgan fingerprint density at radius 1 is 0.957 bits per heavy atom. The second kappa shape index (κ2) is 8.34. The number of benzene rings is 2. The molecule has 0 bridgehead atoms. The molecule has 2 aromatic carbocycles. The molecule has 0 unspecified atom stereocenters. The molecule has 2 rings (SSSR count). The lowest BCUT2D eigenvalue weighted by Crippen LogP contribution is -2.36. The van der Waals surface area contributed by atoms with Crippen molar-refractivity contribution in [1.82, 2.24) is 10.6 Å². The summed E-state index contributed by atoms with van der Waals surface area (Å²) in [5.41, 5.74) is 2.07. The van der Waals surface area contributed by atoms with Gasteiger partial charge in [0.25, 0.3) is 0 Å². The zero-order valence-corrected chi connectivity index (χ0v) is 14.7. The third-order valence-electron chi connectivity index (χ3n) is 3.66. The van der Waals surface area contributed by atoms with Crippen LogP contribution in [-0.4, -0.2) is 12.5 Å². The standard InChI is InChI=1S/C18H20Cl2N2O/c1-12(15-4-3-5-17(20)10-15)21-11-18(23)22-13(2)14-6-8-16(19)9-7-14/h3-10,12-13,21H,11H2,1-2H3,(H,22,23)/t12-,13+/m0/s1. The van der Waals surface area contributed by atoms with Crippen molar-refractivity contribution >= 4 is 29.1 Å². The van der Waals surface area contributed by atoms with Gasteiger partial charge in [-0.3, -0.25) is 4.79 Å². The van der Waals surface area contributed by atoms with Crippen molar-refractivity contribution < 1.29 is 4.79 Å². The molecular formula is C18H20Cl2N2O. The van der Waals surface area contributed by atoms with Crippen LogP contribution in [0.5, 0.6) is 0 Å². The van der Waals surface area contributed by atoms with E-state index in [1.54, 1.807) is 0 Å². The summed E-state index contributed by atoms with van der Waals surface area (Å²) in [4.78, 5) is 12.1. The van der Waals surface area contributed by atoms with Gasteiger partial charge < -0.3 is 10.6 Å². The van der Waals surface area contributed by atoms with Gasteiger partial charge in [0.05, 0.1) is 12.6 Å². The van der Waals surface area contributed by atoms with Gasteiger partial charge in [0.1, 0.15) is 0 Å². The lowest BCUT2D eigenvalue weighted by molar-refractivity contribution is -0.121. The fourth-order valence-electron chi connectivity index (χ4n) is 2.27. The quantitative estimate of drug-likeness (QED) is 0.803. The van der Waals surface area contributed by atoms with Gasteiger partial charge in [-0.05, 0) is 49.2 Å². The predicted molar refractivity (Wildman–Crippen MR) is 95.9 cm³/mol. The maximum atomic E-state index is 12.1. The Morgan fingerprint density at radius 3 is 2.30 bits per heavy atom. The van der Waals surface area contributed by atoms with Crippen LogP contribution in [0.1, 0.15) is 37.1 Å². The van der Waals surface area contributed by atoms with Gasteiger partial charge in [-0.1, -0.05) is 47.5 Å². The monoisotopic (exact) mass is 350 g/mol. The van der Waals surface area contributed by atoms with E-state index >= 15 is 0 Å². The molecule has 3 nitrogen and oxygen atoms in total. The van der Waals surface area contributed by atoms with Crippen LogP contribution in [0.2, 0.25) is 10.0 Å². The smallest absolute Gasteiger partial charge is 0.234 e. The molecule has 0 aromatic heterocycles. The molecule has 0 aliphatic carbocycles. The minimum absolute atomic E-state index is 0.0466. The molecule has 1 amide bonds. The normalized spacial score (nSPS) is 13.4. The number of amides is 1. The summed E-state index contributed by atoms with van der Waals surface area (Å²) in [6.45, 7) is 4.19. The van der Waals surface area contributed by atoms with Crippen molar-refractivity contribution in [2.24, 2.45) is 0 Å². The molecule has 2 aromatic rings. The summed E-state index contributed by atoms with van der Waals surface area (Å²) in [7, 11) is 0. The minimum atomic E-state index is -0.0666. The van der Waals surface area contributed by atoms with Crippen LogP contribution in [0, 0.1) is 0 Å². The first kappa shape index (κ1) is 17.8. The highest BCUT2D eigenvalue weighted by molar-refractivity contribution is 6.30. The molecule has 0 spiro atoms. The summed E-state index contributed by atoms with van der Waals surface area (Å²) in [6, 6.07) is 15.1. The molecule has 0 aliphatic heterocycles. The van der Waals surface area contributed by atoms with Crippen LogP contribution in [0.4, 0.5) is 0 Å². The molecule has 0 saturated heterocycles. The molecule has 2 N–H and O–H groups in total. The highest BCUT2D eigenvalue weighted by atomic mass is 35.5. The number of hydrogen-bond donors (Lipinski definition) is 2. The predicted octanol–water partition coefficient (Wildman–Crippen LogP) is 4.52. The van der Waals surface area contributed by atoms with Crippen molar-refractivity contribution in [3.05, 3.63) is 69.7 Å².